The van der Waals surface area contributed by atoms with E-state index in [9.17, 15) is 0 Å². The molecular weight excluding hydrogens is 222 g/mol. The Morgan fingerprint density at radius 1 is 1.33 bits per heavy atom. The standard InChI is InChI=1S/C15H25N3/c1-17(2)15-8-9-18(12-15)11-14(10-16)13-6-4-3-5-7-13/h3-7,14-15H,8-12,16H2,1-2H3. The largest absolute Gasteiger partial charge is 0.330 e. The molecule has 1 saturated heterocycles. The molecular formula is C15H25N3. The van der Waals surface area contributed by atoms with Gasteiger partial charge in [-0.25, -0.2) is 0 Å². The molecule has 0 amide bonds. The highest BCUT2D eigenvalue weighted by Crippen LogP contribution is 2.20. The number of rotatable bonds is 5. The van der Waals surface area contributed by atoms with E-state index >= 15 is 0 Å². The number of hydrogen-bond acceptors (Lipinski definition) is 3. The fourth-order valence-corrected chi connectivity index (χ4v) is 2.75. The molecule has 100 valence electrons. The smallest absolute Gasteiger partial charge is 0.0229 e. The van der Waals surface area contributed by atoms with E-state index in [2.05, 4.69) is 54.2 Å². The third-order valence-electron chi connectivity index (χ3n) is 4.01. The molecule has 2 rings (SSSR count). The van der Waals surface area contributed by atoms with Crippen LogP contribution >= 0.6 is 0 Å². The van der Waals surface area contributed by atoms with Crippen LogP contribution < -0.4 is 5.73 Å². The highest BCUT2D eigenvalue weighted by atomic mass is 15.2. The number of likely N-dealkylation sites (tertiary alicyclic amines) is 1. The minimum atomic E-state index is 0.465. The lowest BCUT2D eigenvalue weighted by molar-refractivity contribution is 0.260. The molecule has 1 aliphatic rings. The normalized spacial score (nSPS) is 22.6. The molecule has 2 N–H and O–H groups in total. The Kier molecular flexibility index (Phi) is 4.75. The Hall–Kier alpha value is -0.900. The van der Waals surface area contributed by atoms with Gasteiger partial charge in [-0.15, -0.1) is 0 Å². The molecule has 0 radical (unpaired) electrons. The Labute approximate surface area is 111 Å². The first-order valence-electron chi connectivity index (χ1n) is 6.84. The lowest BCUT2D eigenvalue weighted by atomic mass is 9.99. The topological polar surface area (TPSA) is 32.5 Å². The van der Waals surface area contributed by atoms with Crippen molar-refractivity contribution in [1.82, 2.24) is 9.80 Å². The summed E-state index contributed by atoms with van der Waals surface area (Å²) in [5.74, 6) is 0.465. The quantitative estimate of drug-likeness (QED) is 0.853. The zero-order valence-electron chi connectivity index (χ0n) is 11.5. The molecule has 2 atom stereocenters. The highest BCUT2D eigenvalue weighted by Gasteiger charge is 2.25. The van der Waals surface area contributed by atoms with Crippen LogP contribution in [0.2, 0.25) is 0 Å². The Bertz CT molecular complexity index is 350. The second-order valence-corrected chi connectivity index (χ2v) is 5.51. The monoisotopic (exact) mass is 247 g/mol. The number of likely N-dealkylation sites (N-methyl/N-ethyl adjacent to an activating group) is 1. The average molecular weight is 247 g/mol. The third kappa shape index (κ3) is 3.31. The van der Waals surface area contributed by atoms with Crippen molar-refractivity contribution in [2.45, 2.75) is 18.4 Å². The van der Waals surface area contributed by atoms with E-state index < -0.39 is 0 Å². The summed E-state index contributed by atoms with van der Waals surface area (Å²) in [4.78, 5) is 4.88. The molecule has 3 heteroatoms. The number of benzene rings is 1. The van der Waals surface area contributed by atoms with Crippen molar-refractivity contribution in [3.63, 3.8) is 0 Å². The Morgan fingerprint density at radius 2 is 2.06 bits per heavy atom. The van der Waals surface area contributed by atoms with Gasteiger partial charge in [0.15, 0.2) is 0 Å². The van der Waals surface area contributed by atoms with Crippen LogP contribution in [-0.2, 0) is 0 Å². The van der Waals surface area contributed by atoms with Crippen molar-refractivity contribution in [2.24, 2.45) is 5.73 Å². The lowest BCUT2D eigenvalue weighted by Crippen LogP contribution is -2.34. The molecule has 0 aliphatic carbocycles. The van der Waals surface area contributed by atoms with Gasteiger partial charge < -0.3 is 15.5 Å². The van der Waals surface area contributed by atoms with Gasteiger partial charge in [0.1, 0.15) is 0 Å². The zero-order valence-corrected chi connectivity index (χ0v) is 11.5. The summed E-state index contributed by atoms with van der Waals surface area (Å²) in [6.45, 7) is 4.19. The average Bonchev–Trinajstić information content (AvgIpc) is 2.86. The molecule has 1 aromatic carbocycles. The van der Waals surface area contributed by atoms with Crippen LogP contribution in [-0.4, -0.2) is 56.1 Å². The maximum absolute atomic E-state index is 5.94. The van der Waals surface area contributed by atoms with E-state index in [-0.39, 0.29) is 0 Å². The van der Waals surface area contributed by atoms with Gasteiger partial charge in [0, 0.05) is 31.6 Å². The van der Waals surface area contributed by atoms with Gasteiger partial charge in [-0.2, -0.15) is 0 Å². The number of nitrogens with zero attached hydrogens (tertiary/aromatic N) is 2. The molecule has 1 aliphatic heterocycles. The predicted octanol–water partition coefficient (Wildman–Crippen LogP) is 1.36. The van der Waals surface area contributed by atoms with E-state index in [1.165, 1.54) is 25.1 Å². The van der Waals surface area contributed by atoms with Crippen molar-refractivity contribution in [3.05, 3.63) is 35.9 Å². The van der Waals surface area contributed by atoms with Crippen LogP contribution in [0.1, 0.15) is 17.9 Å². The van der Waals surface area contributed by atoms with E-state index in [0.717, 1.165) is 13.1 Å². The van der Waals surface area contributed by atoms with E-state index in [1.54, 1.807) is 0 Å². The third-order valence-corrected chi connectivity index (χ3v) is 4.01. The van der Waals surface area contributed by atoms with Crippen LogP contribution in [0, 0.1) is 0 Å². The molecule has 1 aromatic rings. The number of hydrogen-bond donors (Lipinski definition) is 1. The van der Waals surface area contributed by atoms with Crippen LogP contribution in [0.3, 0.4) is 0 Å². The van der Waals surface area contributed by atoms with Gasteiger partial charge in [0.25, 0.3) is 0 Å². The van der Waals surface area contributed by atoms with Crippen molar-refractivity contribution in [1.29, 1.82) is 0 Å². The van der Waals surface area contributed by atoms with Gasteiger partial charge in [-0.05, 0) is 32.6 Å². The van der Waals surface area contributed by atoms with E-state index in [4.69, 9.17) is 5.73 Å². The molecule has 0 aromatic heterocycles. The summed E-state index contributed by atoms with van der Waals surface area (Å²) in [5, 5.41) is 0. The molecule has 0 saturated carbocycles. The second kappa shape index (κ2) is 6.32. The van der Waals surface area contributed by atoms with Gasteiger partial charge >= 0.3 is 0 Å². The van der Waals surface area contributed by atoms with Crippen molar-refractivity contribution >= 4 is 0 Å². The second-order valence-electron chi connectivity index (χ2n) is 5.51. The van der Waals surface area contributed by atoms with Crippen molar-refractivity contribution < 1.29 is 0 Å². The predicted molar refractivity (Wildman–Crippen MR) is 76.8 cm³/mol. The molecule has 2 unspecified atom stereocenters. The van der Waals surface area contributed by atoms with Crippen LogP contribution in [0.4, 0.5) is 0 Å². The van der Waals surface area contributed by atoms with Gasteiger partial charge in [0.2, 0.25) is 0 Å². The Morgan fingerprint density at radius 3 is 2.61 bits per heavy atom. The van der Waals surface area contributed by atoms with Crippen molar-refractivity contribution in [2.75, 3.05) is 40.3 Å². The first-order chi connectivity index (χ1) is 8.70. The molecule has 1 fully saturated rings. The molecule has 1 heterocycles. The summed E-state index contributed by atoms with van der Waals surface area (Å²) in [5.41, 5.74) is 7.31. The summed E-state index contributed by atoms with van der Waals surface area (Å²) < 4.78 is 0. The van der Waals surface area contributed by atoms with Crippen LogP contribution in [0.5, 0.6) is 0 Å². The van der Waals surface area contributed by atoms with Gasteiger partial charge in [-0.3, -0.25) is 0 Å². The maximum atomic E-state index is 5.94. The summed E-state index contributed by atoms with van der Waals surface area (Å²) in [6.07, 6.45) is 1.28. The fourth-order valence-electron chi connectivity index (χ4n) is 2.75. The Balaban J connectivity index is 1.92. The van der Waals surface area contributed by atoms with Gasteiger partial charge in [0.05, 0.1) is 0 Å². The molecule has 0 bridgehead atoms. The molecule has 3 nitrogen and oxygen atoms in total. The van der Waals surface area contributed by atoms with E-state index in [1.807, 2.05) is 0 Å². The first kappa shape index (κ1) is 13.5. The highest BCUT2D eigenvalue weighted by molar-refractivity contribution is 5.20. The van der Waals surface area contributed by atoms with Crippen molar-refractivity contribution in [3.8, 4) is 0 Å². The molecule has 18 heavy (non-hydrogen) atoms. The summed E-state index contributed by atoms with van der Waals surface area (Å²) in [7, 11) is 4.34. The minimum absolute atomic E-state index is 0.465. The van der Waals surface area contributed by atoms with Crippen LogP contribution in [0.25, 0.3) is 0 Å². The summed E-state index contributed by atoms with van der Waals surface area (Å²) in [6, 6.07) is 11.4. The first-order valence-corrected chi connectivity index (χ1v) is 6.84. The summed E-state index contributed by atoms with van der Waals surface area (Å²) >= 11 is 0. The fraction of sp³-hybridized carbons (Fsp3) is 0.600. The SMILES string of the molecule is CN(C)C1CCN(CC(CN)c2ccccc2)C1. The van der Waals surface area contributed by atoms with Gasteiger partial charge in [-0.1, -0.05) is 30.3 Å². The lowest BCUT2D eigenvalue weighted by Gasteiger charge is -2.24. The molecule has 0 spiro atoms. The maximum Gasteiger partial charge on any atom is 0.0229 e. The minimum Gasteiger partial charge on any atom is -0.330 e. The number of nitrogens with two attached hydrogens (primary N) is 1. The van der Waals surface area contributed by atoms with E-state index in [0.29, 0.717) is 12.0 Å². The van der Waals surface area contributed by atoms with Crippen LogP contribution in [0.15, 0.2) is 30.3 Å². The zero-order chi connectivity index (χ0) is 13.0.